The zero-order valence-corrected chi connectivity index (χ0v) is 12.4. The standard InChI is InChI=1S/C16H21N3O2/c1-11(15-7-4-10-21-15)17-16(20)18-13-5-3-6-14-12(13)8-9-19(14)2/h3,5-6,8-9,11,15H,4,7,10H2,1-2H3,(H2,17,18,20)/t11-,15-/m1/s1. The van der Waals surface area contributed by atoms with Gasteiger partial charge in [0.1, 0.15) is 0 Å². The van der Waals surface area contributed by atoms with Crippen molar-refractivity contribution in [3.8, 4) is 0 Å². The fourth-order valence-corrected chi connectivity index (χ4v) is 2.87. The number of anilines is 1. The number of nitrogens with zero attached hydrogens (tertiary/aromatic N) is 1. The summed E-state index contributed by atoms with van der Waals surface area (Å²) in [5.74, 6) is 0. The summed E-state index contributed by atoms with van der Waals surface area (Å²) in [6.45, 7) is 2.78. The molecule has 1 aliphatic heterocycles. The van der Waals surface area contributed by atoms with Gasteiger partial charge in [-0.25, -0.2) is 4.79 Å². The van der Waals surface area contributed by atoms with E-state index in [-0.39, 0.29) is 18.2 Å². The summed E-state index contributed by atoms with van der Waals surface area (Å²) in [6.07, 6.45) is 4.20. The molecule has 0 bridgehead atoms. The number of hydrogen-bond donors (Lipinski definition) is 2. The van der Waals surface area contributed by atoms with Gasteiger partial charge >= 0.3 is 6.03 Å². The molecule has 2 aromatic rings. The molecule has 5 heteroatoms. The molecule has 1 saturated heterocycles. The van der Waals surface area contributed by atoms with Crippen LogP contribution in [0.1, 0.15) is 19.8 Å². The predicted octanol–water partition coefficient (Wildman–Crippen LogP) is 2.87. The van der Waals surface area contributed by atoms with Crippen LogP contribution in [0.15, 0.2) is 30.5 Å². The van der Waals surface area contributed by atoms with Gasteiger partial charge < -0.3 is 19.9 Å². The molecule has 2 atom stereocenters. The third-order valence-corrected chi connectivity index (χ3v) is 4.06. The summed E-state index contributed by atoms with van der Waals surface area (Å²) in [6, 6.07) is 7.74. The summed E-state index contributed by atoms with van der Waals surface area (Å²) in [5, 5.41) is 6.94. The van der Waals surface area contributed by atoms with Crippen molar-refractivity contribution in [2.45, 2.75) is 31.9 Å². The Hall–Kier alpha value is -2.01. The second kappa shape index (κ2) is 5.77. The molecule has 0 radical (unpaired) electrons. The highest BCUT2D eigenvalue weighted by Crippen LogP contribution is 2.24. The van der Waals surface area contributed by atoms with Gasteiger partial charge in [0.15, 0.2) is 0 Å². The zero-order valence-electron chi connectivity index (χ0n) is 12.4. The van der Waals surface area contributed by atoms with Crippen molar-refractivity contribution in [3.63, 3.8) is 0 Å². The molecule has 0 saturated carbocycles. The van der Waals surface area contributed by atoms with E-state index in [1.165, 1.54) is 0 Å². The van der Waals surface area contributed by atoms with Crippen LogP contribution in [0.4, 0.5) is 10.5 Å². The summed E-state index contributed by atoms with van der Waals surface area (Å²) < 4.78 is 7.63. The molecule has 3 rings (SSSR count). The Morgan fingerprint density at radius 2 is 2.29 bits per heavy atom. The average molecular weight is 287 g/mol. The van der Waals surface area contributed by atoms with E-state index in [1.807, 2.05) is 49.0 Å². The summed E-state index contributed by atoms with van der Waals surface area (Å²) in [7, 11) is 1.99. The van der Waals surface area contributed by atoms with Crippen LogP contribution < -0.4 is 10.6 Å². The molecule has 2 amide bonds. The fourth-order valence-electron chi connectivity index (χ4n) is 2.87. The molecule has 1 aromatic carbocycles. The quantitative estimate of drug-likeness (QED) is 0.912. The van der Waals surface area contributed by atoms with Crippen LogP contribution in [0, 0.1) is 0 Å². The first kappa shape index (κ1) is 13.9. The van der Waals surface area contributed by atoms with Gasteiger partial charge in [-0.2, -0.15) is 0 Å². The van der Waals surface area contributed by atoms with Crippen molar-refractivity contribution in [1.82, 2.24) is 9.88 Å². The van der Waals surface area contributed by atoms with Gasteiger partial charge in [0.25, 0.3) is 0 Å². The SMILES string of the molecule is C[C@@H](NC(=O)Nc1cccc2c1ccn2C)[C@H]1CCCO1. The highest BCUT2D eigenvalue weighted by Gasteiger charge is 2.23. The van der Waals surface area contributed by atoms with Gasteiger partial charge in [0, 0.05) is 30.8 Å². The van der Waals surface area contributed by atoms with Gasteiger partial charge in [-0.05, 0) is 38.0 Å². The van der Waals surface area contributed by atoms with E-state index in [0.717, 1.165) is 36.0 Å². The maximum atomic E-state index is 12.1. The number of aromatic nitrogens is 1. The molecule has 1 aromatic heterocycles. The Kier molecular flexibility index (Phi) is 3.84. The van der Waals surface area contributed by atoms with Crippen LogP contribution in [0.5, 0.6) is 0 Å². The van der Waals surface area contributed by atoms with E-state index < -0.39 is 0 Å². The largest absolute Gasteiger partial charge is 0.376 e. The van der Waals surface area contributed by atoms with E-state index in [2.05, 4.69) is 10.6 Å². The highest BCUT2D eigenvalue weighted by atomic mass is 16.5. The van der Waals surface area contributed by atoms with Crippen LogP contribution in [-0.4, -0.2) is 29.4 Å². The minimum absolute atomic E-state index is 0.0162. The van der Waals surface area contributed by atoms with E-state index in [0.29, 0.717) is 0 Å². The molecule has 5 nitrogen and oxygen atoms in total. The number of carbonyl (C=O) groups is 1. The van der Waals surface area contributed by atoms with Crippen molar-refractivity contribution in [2.75, 3.05) is 11.9 Å². The Morgan fingerprint density at radius 1 is 1.43 bits per heavy atom. The normalized spacial score (nSPS) is 19.6. The van der Waals surface area contributed by atoms with Crippen molar-refractivity contribution in [1.29, 1.82) is 0 Å². The highest BCUT2D eigenvalue weighted by molar-refractivity contribution is 6.00. The Bertz CT molecular complexity index is 644. The molecule has 1 aliphatic rings. The molecular formula is C16H21N3O2. The van der Waals surface area contributed by atoms with Crippen LogP contribution >= 0.6 is 0 Å². The molecule has 112 valence electrons. The van der Waals surface area contributed by atoms with Gasteiger partial charge in [-0.3, -0.25) is 0 Å². The number of aryl methyl sites for hydroxylation is 1. The molecule has 2 N–H and O–H groups in total. The molecule has 0 aliphatic carbocycles. The average Bonchev–Trinajstić information content (AvgIpc) is 3.10. The Balaban J connectivity index is 1.68. The first-order valence-electron chi connectivity index (χ1n) is 7.38. The molecule has 1 fully saturated rings. The lowest BCUT2D eigenvalue weighted by Gasteiger charge is -2.20. The first-order chi connectivity index (χ1) is 10.1. The topological polar surface area (TPSA) is 55.3 Å². The molecular weight excluding hydrogens is 266 g/mol. The summed E-state index contributed by atoms with van der Waals surface area (Å²) in [5.41, 5.74) is 1.92. The molecule has 2 heterocycles. The second-order valence-electron chi connectivity index (χ2n) is 5.60. The number of carbonyl (C=O) groups excluding carboxylic acids is 1. The van der Waals surface area contributed by atoms with E-state index in [1.54, 1.807) is 0 Å². The fraction of sp³-hybridized carbons (Fsp3) is 0.438. The van der Waals surface area contributed by atoms with Gasteiger partial charge in [-0.1, -0.05) is 6.07 Å². The Morgan fingerprint density at radius 3 is 3.05 bits per heavy atom. The molecule has 0 unspecified atom stereocenters. The van der Waals surface area contributed by atoms with Crippen molar-refractivity contribution in [3.05, 3.63) is 30.5 Å². The third kappa shape index (κ3) is 2.88. The van der Waals surface area contributed by atoms with Gasteiger partial charge in [-0.15, -0.1) is 0 Å². The van der Waals surface area contributed by atoms with Gasteiger partial charge in [0.2, 0.25) is 0 Å². The number of amides is 2. The number of fused-ring (bicyclic) bond motifs is 1. The maximum absolute atomic E-state index is 12.1. The first-order valence-corrected chi connectivity index (χ1v) is 7.38. The summed E-state index contributed by atoms with van der Waals surface area (Å²) >= 11 is 0. The minimum Gasteiger partial charge on any atom is -0.376 e. The van der Waals surface area contributed by atoms with E-state index >= 15 is 0 Å². The third-order valence-electron chi connectivity index (χ3n) is 4.06. The van der Waals surface area contributed by atoms with Crippen LogP contribution in [0.3, 0.4) is 0 Å². The number of urea groups is 1. The van der Waals surface area contributed by atoms with Crippen molar-refractivity contribution in [2.24, 2.45) is 7.05 Å². The number of nitrogens with one attached hydrogen (secondary N) is 2. The zero-order chi connectivity index (χ0) is 14.8. The van der Waals surface area contributed by atoms with E-state index in [4.69, 9.17) is 4.74 Å². The smallest absolute Gasteiger partial charge is 0.319 e. The Labute approximate surface area is 124 Å². The number of ether oxygens (including phenoxy) is 1. The van der Waals surface area contributed by atoms with Crippen LogP contribution in [0.25, 0.3) is 10.9 Å². The number of benzene rings is 1. The summed E-state index contributed by atoms with van der Waals surface area (Å²) in [4.78, 5) is 12.1. The van der Waals surface area contributed by atoms with Crippen molar-refractivity contribution < 1.29 is 9.53 Å². The monoisotopic (exact) mass is 287 g/mol. The van der Waals surface area contributed by atoms with Crippen LogP contribution in [0.2, 0.25) is 0 Å². The van der Waals surface area contributed by atoms with E-state index in [9.17, 15) is 4.79 Å². The predicted molar refractivity (Wildman–Crippen MR) is 83.5 cm³/mol. The minimum atomic E-state index is -0.186. The lowest BCUT2D eigenvalue weighted by Crippen LogP contribution is -2.43. The van der Waals surface area contributed by atoms with Gasteiger partial charge in [0.05, 0.1) is 17.8 Å². The molecule has 21 heavy (non-hydrogen) atoms. The van der Waals surface area contributed by atoms with Crippen LogP contribution in [-0.2, 0) is 11.8 Å². The van der Waals surface area contributed by atoms with Crippen molar-refractivity contribution >= 4 is 22.6 Å². The number of rotatable bonds is 3. The maximum Gasteiger partial charge on any atom is 0.319 e. The molecule has 0 spiro atoms. The lowest BCUT2D eigenvalue weighted by molar-refractivity contribution is 0.0868. The lowest BCUT2D eigenvalue weighted by atomic mass is 10.1. The second-order valence-corrected chi connectivity index (χ2v) is 5.60. The number of hydrogen-bond acceptors (Lipinski definition) is 2.